The lowest BCUT2D eigenvalue weighted by Crippen LogP contribution is -2.29. The van der Waals surface area contributed by atoms with Crippen LogP contribution < -0.4 is 14.4 Å². The molecule has 4 aromatic rings. The minimum atomic E-state index is -1.06. The number of ether oxygens (including phenoxy) is 2. The summed E-state index contributed by atoms with van der Waals surface area (Å²) in [4.78, 5) is 32.7. The number of Topliss-reactive ketones (excluding diaryl/α,β-unsaturated/α-hetero) is 1. The molecule has 3 aromatic carbocycles. The largest absolute Gasteiger partial charge is 0.507 e. The number of aliphatic hydroxyl groups excluding tert-OH is 1. The number of thiazole rings is 1. The number of benzene rings is 3. The second-order valence-corrected chi connectivity index (χ2v) is 9.97. The second-order valence-electron chi connectivity index (χ2n) is 8.52. The maximum absolute atomic E-state index is 13.9. The van der Waals surface area contributed by atoms with E-state index in [1.807, 2.05) is 6.92 Å². The van der Waals surface area contributed by atoms with Crippen LogP contribution in [0.1, 0.15) is 24.1 Å². The number of hydrogen-bond acceptors (Lipinski definition) is 7. The Kier molecular flexibility index (Phi) is 7.36. The molecule has 2 heterocycles. The molecular formula is C29H22ClFN2O5S. The van der Waals surface area contributed by atoms with E-state index < -0.39 is 23.5 Å². The number of carbonyl (C=O) groups is 2. The van der Waals surface area contributed by atoms with Gasteiger partial charge in [0.15, 0.2) is 16.6 Å². The first kappa shape index (κ1) is 26.4. The van der Waals surface area contributed by atoms with Crippen molar-refractivity contribution >= 4 is 55.7 Å². The number of fused-ring (bicyclic) bond motifs is 1. The number of aromatic nitrogens is 1. The molecule has 39 heavy (non-hydrogen) atoms. The van der Waals surface area contributed by atoms with E-state index in [-0.39, 0.29) is 23.1 Å². The highest BCUT2D eigenvalue weighted by Gasteiger charge is 2.48. The molecule has 198 valence electrons. The molecule has 1 fully saturated rings. The predicted octanol–water partition coefficient (Wildman–Crippen LogP) is 6.68. The Hall–Kier alpha value is -4.21. The van der Waals surface area contributed by atoms with Crippen LogP contribution in [0.15, 0.2) is 78.9 Å². The molecule has 1 saturated heterocycles. The Morgan fingerprint density at radius 1 is 1.13 bits per heavy atom. The van der Waals surface area contributed by atoms with Crippen molar-refractivity contribution in [2.24, 2.45) is 0 Å². The number of carbonyl (C=O) groups excluding carboxylic acids is 2. The third-order valence-corrected chi connectivity index (χ3v) is 7.32. The average molecular weight is 565 g/mol. The Labute approximate surface area is 232 Å². The molecule has 1 atom stereocenters. The molecule has 1 aromatic heterocycles. The number of anilines is 1. The molecule has 10 heteroatoms. The van der Waals surface area contributed by atoms with E-state index in [0.717, 1.165) is 11.3 Å². The van der Waals surface area contributed by atoms with Gasteiger partial charge in [-0.15, -0.1) is 0 Å². The van der Waals surface area contributed by atoms with Crippen molar-refractivity contribution in [3.63, 3.8) is 0 Å². The monoisotopic (exact) mass is 564 g/mol. The van der Waals surface area contributed by atoms with Gasteiger partial charge in [0.25, 0.3) is 5.78 Å². The van der Waals surface area contributed by atoms with Gasteiger partial charge in [0.2, 0.25) is 0 Å². The van der Waals surface area contributed by atoms with Crippen LogP contribution in [0.3, 0.4) is 0 Å². The summed E-state index contributed by atoms with van der Waals surface area (Å²) in [7, 11) is 0. The van der Waals surface area contributed by atoms with Gasteiger partial charge in [0.1, 0.15) is 18.2 Å². The number of halogens is 2. The summed E-state index contributed by atoms with van der Waals surface area (Å²) in [6.07, 6.45) is 1.60. The van der Waals surface area contributed by atoms with Gasteiger partial charge in [-0.05, 0) is 67.1 Å². The molecule has 0 aliphatic carbocycles. The van der Waals surface area contributed by atoms with Crippen molar-refractivity contribution in [3.05, 3.63) is 101 Å². The van der Waals surface area contributed by atoms with Crippen LogP contribution in [0.2, 0.25) is 5.02 Å². The normalized spacial score (nSPS) is 16.6. The van der Waals surface area contributed by atoms with Crippen LogP contribution in [0, 0.1) is 5.82 Å². The van der Waals surface area contributed by atoms with Crippen LogP contribution in [-0.4, -0.2) is 35.0 Å². The first-order valence-corrected chi connectivity index (χ1v) is 13.1. The zero-order valence-corrected chi connectivity index (χ0v) is 22.3. The molecule has 0 bridgehead atoms. The lowest BCUT2D eigenvalue weighted by Gasteiger charge is -2.24. The first-order valence-electron chi connectivity index (χ1n) is 12.0. The van der Waals surface area contributed by atoms with E-state index >= 15 is 0 Å². The minimum Gasteiger partial charge on any atom is -0.507 e. The topological polar surface area (TPSA) is 89.0 Å². The van der Waals surface area contributed by atoms with Gasteiger partial charge in [0, 0.05) is 10.6 Å². The van der Waals surface area contributed by atoms with E-state index in [9.17, 15) is 19.1 Å². The summed E-state index contributed by atoms with van der Waals surface area (Å²) in [6, 6.07) is 14.3. The zero-order valence-electron chi connectivity index (χ0n) is 20.7. The molecule has 5 rings (SSSR count). The Morgan fingerprint density at radius 2 is 1.90 bits per heavy atom. The van der Waals surface area contributed by atoms with Crippen molar-refractivity contribution in [3.8, 4) is 11.5 Å². The van der Waals surface area contributed by atoms with Gasteiger partial charge in [0.05, 0.1) is 28.4 Å². The van der Waals surface area contributed by atoms with Crippen molar-refractivity contribution in [1.82, 2.24) is 4.98 Å². The van der Waals surface area contributed by atoms with Crippen molar-refractivity contribution < 1.29 is 28.6 Å². The molecule has 0 saturated carbocycles. The summed E-state index contributed by atoms with van der Waals surface area (Å²) in [6.45, 7) is 6.06. The standard InChI is InChI=1S/C29H22ClFN2O5S/c1-3-13-38-21-12-7-17(14-22(21)37-4-2)25-24(26(34)16-5-8-18(30)9-6-16)27(35)28(36)33(25)29-32-20-11-10-19(31)15-23(20)39-29/h3,5-12,14-15,25,34H,1,4,13H2,2H3. The fraction of sp³-hybridized carbons (Fsp3) is 0.138. The first-order chi connectivity index (χ1) is 18.8. The highest BCUT2D eigenvalue weighted by molar-refractivity contribution is 7.22. The highest BCUT2D eigenvalue weighted by Crippen LogP contribution is 2.46. The number of ketones is 1. The molecule has 0 radical (unpaired) electrons. The maximum Gasteiger partial charge on any atom is 0.301 e. The third kappa shape index (κ3) is 4.98. The van der Waals surface area contributed by atoms with Crippen LogP contribution in [0.4, 0.5) is 9.52 Å². The Bertz CT molecular complexity index is 1630. The molecule has 1 aliphatic rings. The Balaban J connectivity index is 1.72. The number of aliphatic hydroxyl groups is 1. The van der Waals surface area contributed by atoms with Crippen LogP contribution >= 0.6 is 22.9 Å². The summed E-state index contributed by atoms with van der Waals surface area (Å²) in [5.41, 5.74) is 1.13. The number of amides is 1. The smallest absolute Gasteiger partial charge is 0.301 e. The quantitative estimate of drug-likeness (QED) is 0.111. The highest BCUT2D eigenvalue weighted by atomic mass is 35.5. The van der Waals surface area contributed by atoms with Gasteiger partial charge >= 0.3 is 5.91 Å². The minimum absolute atomic E-state index is 0.130. The fourth-order valence-electron chi connectivity index (χ4n) is 4.33. The molecular weight excluding hydrogens is 543 g/mol. The molecule has 1 unspecified atom stereocenters. The van der Waals surface area contributed by atoms with Crippen LogP contribution in [0.25, 0.3) is 16.0 Å². The average Bonchev–Trinajstić information content (AvgIpc) is 3.45. The fourth-order valence-corrected chi connectivity index (χ4v) is 5.47. The summed E-state index contributed by atoms with van der Waals surface area (Å²) in [5.74, 6) is -1.74. The molecule has 0 spiro atoms. The van der Waals surface area contributed by atoms with E-state index in [1.165, 1.54) is 23.1 Å². The van der Waals surface area contributed by atoms with Crippen LogP contribution in [-0.2, 0) is 9.59 Å². The third-order valence-electron chi connectivity index (χ3n) is 6.05. The summed E-state index contributed by atoms with van der Waals surface area (Å²) < 4.78 is 25.9. The maximum atomic E-state index is 13.9. The number of nitrogens with zero attached hydrogens (tertiary/aromatic N) is 2. The number of rotatable bonds is 8. The molecule has 7 nitrogen and oxygen atoms in total. The SMILES string of the molecule is C=CCOc1ccc(C2C(=C(O)c3ccc(Cl)cc3)C(=O)C(=O)N2c2nc3ccc(F)cc3s2)cc1OCC. The zero-order chi connectivity index (χ0) is 27.7. The second kappa shape index (κ2) is 10.9. The van der Waals surface area contributed by atoms with Gasteiger partial charge in [-0.1, -0.05) is 41.7 Å². The van der Waals surface area contributed by atoms with E-state index in [1.54, 1.807) is 48.5 Å². The van der Waals surface area contributed by atoms with Crippen molar-refractivity contribution in [1.29, 1.82) is 0 Å². The lowest BCUT2D eigenvalue weighted by molar-refractivity contribution is -0.132. The van der Waals surface area contributed by atoms with Gasteiger partial charge in [-0.25, -0.2) is 9.37 Å². The number of hydrogen-bond donors (Lipinski definition) is 1. The molecule has 1 amide bonds. The molecule has 1 aliphatic heterocycles. The summed E-state index contributed by atoms with van der Waals surface area (Å²) in [5, 5.41) is 11.9. The lowest BCUT2D eigenvalue weighted by atomic mass is 9.95. The van der Waals surface area contributed by atoms with Crippen molar-refractivity contribution in [2.45, 2.75) is 13.0 Å². The van der Waals surface area contributed by atoms with Gasteiger partial charge < -0.3 is 14.6 Å². The van der Waals surface area contributed by atoms with Crippen LogP contribution in [0.5, 0.6) is 11.5 Å². The van der Waals surface area contributed by atoms with Crippen molar-refractivity contribution in [2.75, 3.05) is 18.1 Å². The van der Waals surface area contributed by atoms with Gasteiger partial charge in [-0.3, -0.25) is 14.5 Å². The molecule has 1 N–H and O–H groups in total. The van der Waals surface area contributed by atoms with Gasteiger partial charge in [-0.2, -0.15) is 0 Å². The predicted molar refractivity (Wildman–Crippen MR) is 149 cm³/mol. The van der Waals surface area contributed by atoms with E-state index in [2.05, 4.69) is 11.6 Å². The van der Waals surface area contributed by atoms with E-state index in [4.69, 9.17) is 21.1 Å². The summed E-state index contributed by atoms with van der Waals surface area (Å²) >= 11 is 7.08. The van der Waals surface area contributed by atoms with E-state index in [0.29, 0.717) is 44.5 Å². The Morgan fingerprint density at radius 3 is 2.62 bits per heavy atom.